The van der Waals surface area contributed by atoms with Crippen molar-refractivity contribution in [1.29, 1.82) is 0 Å². The standard InChI is InChI=1S/C16H24N2O2/c1-10-8-12(9-11(2)15(10)19)14(16(17)20)18-13-6-4-3-5-7-13/h8-9,13-14,18-19H,3-7H2,1-2H3,(H2,17,20). The molecule has 1 aliphatic rings. The Kier molecular flexibility index (Phi) is 4.65. The highest BCUT2D eigenvalue weighted by Gasteiger charge is 2.24. The van der Waals surface area contributed by atoms with E-state index in [-0.39, 0.29) is 11.7 Å². The van der Waals surface area contributed by atoms with E-state index in [4.69, 9.17) is 5.73 Å². The van der Waals surface area contributed by atoms with E-state index in [0.717, 1.165) is 29.5 Å². The van der Waals surface area contributed by atoms with E-state index in [1.165, 1.54) is 19.3 Å². The molecule has 20 heavy (non-hydrogen) atoms. The summed E-state index contributed by atoms with van der Waals surface area (Å²) in [7, 11) is 0. The molecule has 1 unspecified atom stereocenters. The van der Waals surface area contributed by atoms with Crippen molar-refractivity contribution in [3.63, 3.8) is 0 Å². The van der Waals surface area contributed by atoms with Gasteiger partial charge < -0.3 is 10.8 Å². The SMILES string of the molecule is Cc1cc(C(NC2CCCCC2)C(N)=O)cc(C)c1O. The van der Waals surface area contributed by atoms with Gasteiger partial charge in [0, 0.05) is 6.04 Å². The molecule has 2 rings (SSSR count). The number of nitrogens with one attached hydrogen (secondary N) is 1. The minimum absolute atomic E-state index is 0.287. The van der Waals surface area contributed by atoms with Crippen LogP contribution in [0.5, 0.6) is 5.75 Å². The van der Waals surface area contributed by atoms with Crippen LogP contribution in [0.15, 0.2) is 12.1 Å². The molecule has 0 bridgehead atoms. The number of phenols is 1. The number of carbonyl (C=O) groups excluding carboxylic acids is 1. The zero-order valence-corrected chi connectivity index (χ0v) is 12.3. The number of primary amides is 1. The second-order valence-electron chi connectivity index (χ2n) is 5.84. The van der Waals surface area contributed by atoms with Crippen LogP contribution >= 0.6 is 0 Å². The Balaban J connectivity index is 2.21. The second kappa shape index (κ2) is 6.27. The lowest BCUT2D eigenvalue weighted by Crippen LogP contribution is -2.41. The molecule has 4 nitrogen and oxygen atoms in total. The third-order valence-corrected chi connectivity index (χ3v) is 4.14. The first-order chi connectivity index (χ1) is 9.49. The van der Waals surface area contributed by atoms with Gasteiger partial charge in [-0.15, -0.1) is 0 Å². The molecule has 0 aromatic heterocycles. The van der Waals surface area contributed by atoms with Gasteiger partial charge in [0.2, 0.25) is 5.91 Å². The second-order valence-corrected chi connectivity index (χ2v) is 5.84. The molecule has 4 heteroatoms. The quantitative estimate of drug-likeness (QED) is 0.790. The summed E-state index contributed by atoms with van der Waals surface area (Å²) in [6, 6.07) is 3.56. The normalized spacial score (nSPS) is 17.9. The van der Waals surface area contributed by atoms with E-state index in [1.807, 2.05) is 26.0 Å². The fourth-order valence-corrected chi connectivity index (χ4v) is 3.00. The minimum Gasteiger partial charge on any atom is -0.507 e. The first-order valence-electron chi connectivity index (χ1n) is 7.34. The number of aryl methyl sites for hydroxylation is 2. The number of hydrogen-bond acceptors (Lipinski definition) is 3. The highest BCUT2D eigenvalue weighted by Crippen LogP contribution is 2.27. The van der Waals surface area contributed by atoms with E-state index in [9.17, 15) is 9.90 Å². The van der Waals surface area contributed by atoms with Crippen LogP contribution in [0.1, 0.15) is 54.8 Å². The average Bonchev–Trinajstić information content (AvgIpc) is 2.42. The van der Waals surface area contributed by atoms with Gasteiger partial charge in [0.15, 0.2) is 0 Å². The number of rotatable bonds is 4. The zero-order valence-electron chi connectivity index (χ0n) is 12.3. The Morgan fingerprint density at radius 3 is 2.30 bits per heavy atom. The van der Waals surface area contributed by atoms with Crippen LogP contribution in [0.3, 0.4) is 0 Å². The molecule has 1 aliphatic carbocycles. The van der Waals surface area contributed by atoms with Gasteiger partial charge in [-0.2, -0.15) is 0 Å². The topological polar surface area (TPSA) is 75.3 Å². The number of amides is 1. The Hall–Kier alpha value is -1.55. The van der Waals surface area contributed by atoms with Gasteiger partial charge in [-0.1, -0.05) is 31.4 Å². The Labute approximate surface area is 120 Å². The molecule has 4 N–H and O–H groups in total. The molecule has 0 aliphatic heterocycles. The van der Waals surface area contributed by atoms with Crippen LogP contribution in [-0.4, -0.2) is 17.1 Å². The van der Waals surface area contributed by atoms with E-state index >= 15 is 0 Å². The van der Waals surface area contributed by atoms with E-state index < -0.39 is 6.04 Å². The predicted octanol–water partition coefficient (Wildman–Crippen LogP) is 2.46. The molecule has 1 saturated carbocycles. The van der Waals surface area contributed by atoms with Crippen LogP contribution in [0.2, 0.25) is 0 Å². The number of phenolic OH excluding ortho intramolecular Hbond substituents is 1. The average molecular weight is 276 g/mol. The largest absolute Gasteiger partial charge is 0.507 e. The summed E-state index contributed by atoms with van der Waals surface area (Å²) in [5.41, 5.74) is 7.95. The maximum atomic E-state index is 11.8. The van der Waals surface area contributed by atoms with Crippen LogP contribution in [-0.2, 0) is 4.79 Å². The van der Waals surface area contributed by atoms with Gasteiger partial charge in [-0.3, -0.25) is 10.1 Å². The van der Waals surface area contributed by atoms with Crippen LogP contribution in [0.25, 0.3) is 0 Å². The molecule has 0 spiro atoms. The van der Waals surface area contributed by atoms with Gasteiger partial charge in [-0.05, 0) is 43.4 Å². The summed E-state index contributed by atoms with van der Waals surface area (Å²) in [5.74, 6) is -0.0744. The lowest BCUT2D eigenvalue weighted by molar-refractivity contribution is -0.120. The molecule has 1 atom stereocenters. The third kappa shape index (κ3) is 3.31. The van der Waals surface area contributed by atoms with Crippen molar-refractivity contribution in [2.45, 2.75) is 58.0 Å². The fraction of sp³-hybridized carbons (Fsp3) is 0.562. The van der Waals surface area contributed by atoms with Crippen LogP contribution < -0.4 is 11.1 Å². The van der Waals surface area contributed by atoms with Crippen molar-refractivity contribution in [2.24, 2.45) is 5.73 Å². The summed E-state index contributed by atoms with van der Waals surface area (Å²) in [4.78, 5) is 11.8. The fourth-order valence-electron chi connectivity index (χ4n) is 3.00. The van der Waals surface area contributed by atoms with E-state index in [1.54, 1.807) is 0 Å². The molecule has 1 aromatic rings. The smallest absolute Gasteiger partial charge is 0.239 e. The highest BCUT2D eigenvalue weighted by atomic mass is 16.3. The monoisotopic (exact) mass is 276 g/mol. The maximum absolute atomic E-state index is 11.8. The van der Waals surface area contributed by atoms with Gasteiger partial charge in [-0.25, -0.2) is 0 Å². The first-order valence-corrected chi connectivity index (χ1v) is 7.34. The molecule has 0 radical (unpaired) electrons. The van der Waals surface area contributed by atoms with Gasteiger partial charge >= 0.3 is 0 Å². The molecule has 1 fully saturated rings. The van der Waals surface area contributed by atoms with Crippen molar-refractivity contribution in [3.8, 4) is 5.75 Å². The molecular weight excluding hydrogens is 252 g/mol. The van der Waals surface area contributed by atoms with Crippen molar-refractivity contribution in [1.82, 2.24) is 5.32 Å². The Bertz CT molecular complexity index is 470. The molecule has 0 saturated heterocycles. The third-order valence-electron chi connectivity index (χ3n) is 4.14. The summed E-state index contributed by atoms with van der Waals surface area (Å²) in [6.45, 7) is 3.68. The summed E-state index contributed by atoms with van der Waals surface area (Å²) in [5, 5.41) is 13.2. The van der Waals surface area contributed by atoms with Crippen LogP contribution in [0.4, 0.5) is 0 Å². The van der Waals surface area contributed by atoms with Gasteiger partial charge in [0.05, 0.1) is 0 Å². The molecular formula is C16H24N2O2. The lowest BCUT2D eigenvalue weighted by Gasteiger charge is -2.27. The summed E-state index contributed by atoms with van der Waals surface area (Å²) < 4.78 is 0. The number of carbonyl (C=O) groups is 1. The van der Waals surface area contributed by atoms with Crippen molar-refractivity contribution in [3.05, 3.63) is 28.8 Å². The molecule has 110 valence electrons. The predicted molar refractivity (Wildman–Crippen MR) is 79.5 cm³/mol. The minimum atomic E-state index is -0.476. The highest BCUT2D eigenvalue weighted by molar-refractivity contribution is 5.81. The van der Waals surface area contributed by atoms with Gasteiger partial charge in [0.1, 0.15) is 11.8 Å². The molecule has 0 heterocycles. The number of nitrogens with two attached hydrogens (primary N) is 1. The zero-order chi connectivity index (χ0) is 14.7. The summed E-state index contributed by atoms with van der Waals surface area (Å²) in [6.07, 6.45) is 5.88. The maximum Gasteiger partial charge on any atom is 0.239 e. The van der Waals surface area contributed by atoms with Crippen molar-refractivity contribution >= 4 is 5.91 Å². The number of hydrogen-bond donors (Lipinski definition) is 3. The van der Waals surface area contributed by atoms with E-state index in [0.29, 0.717) is 6.04 Å². The van der Waals surface area contributed by atoms with Crippen LogP contribution in [0, 0.1) is 13.8 Å². The number of aromatic hydroxyl groups is 1. The summed E-state index contributed by atoms with van der Waals surface area (Å²) >= 11 is 0. The lowest BCUT2D eigenvalue weighted by atomic mass is 9.93. The number of benzene rings is 1. The van der Waals surface area contributed by atoms with E-state index in [2.05, 4.69) is 5.32 Å². The molecule has 1 amide bonds. The van der Waals surface area contributed by atoms with Crippen molar-refractivity contribution < 1.29 is 9.90 Å². The van der Waals surface area contributed by atoms with Crippen molar-refractivity contribution in [2.75, 3.05) is 0 Å². The van der Waals surface area contributed by atoms with Gasteiger partial charge in [0.25, 0.3) is 0 Å². The Morgan fingerprint density at radius 2 is 1.80 bits per heavy atom. The Morgan fingerprint density at radius 1 is 1.25 bits per heavy atom. The molecule has 1 aromatic carbocycles. The first kappa shape index (κ1) is 14.9.